The maximum absolute atomic E-state index is 14.1. The summed E-state index contributed by atoms with van der Waals surface area (Å²) >= 11 is 6.50. The lowest BCUT2D eigenvalue weighted by Gasteiger charge is -2.15. The molecule has 3 N–H and O–H groups in total. The third-order valence-corrected chi connectivity index (χ3v) is 5.53. The number of fused-ring (bicyclic) bond motifs is 1. The Balaban J connectivity index is 1.95. The highest BCUT2D eigenvalue weighted by molar-refractivity contribution is 6.34. The van der Waals surface area contributed by atoms with Gasteiger partial charge in [-0.3, -0.25) is 9.98 Å². The molecular weight excluding hydrogens is 463 g/mol. The van der Waals surface area contributed by atoms with E-state index in [9.17, 15) is 9.50 Å². The van der Waals surface area contributed by atoms with Crippen molar-refractivity contribution < 1.29 is 9.50 Å². The Bertz CT molecular complexity index is 1260. The highest BCUT2D eigenvalue weighted by Crippen LogP contribution is 2.32. The summed E-state index contributed by atoms with van der Waals surface area (Å²) in [6, 6.07) is 12.6. The van der Waals surface area contributed by atoms with Crippen LogP contribution in [0.25, 0.3) is 16.5 Å². The SMILES string of the molecule is CC/C=C/C(=C\NC(C)=NCC(C)(C)O)c1ccc2ncc(Cl)c(NCc3ccccc3F)c2c1. The molecule has 0 bridgehead atoms. The normalized spacial score (nSPS) is 13.0. The van der Waals surface area contributed by atoms with E-state index in [1.807, 2.05) is 37.4 Å². The summed E-state index contributed by atoms with van der Waals surface area (Å²) in [6.45, 7) is 7.98. The standard InChI is InChI=1S/C28H32ClFN4O/c1-5-6-9-21(15-31-19(2)34-18-28(3,4)35)20-12-13-26-23(14-20)27(24(29)17-32-26)33-16-22-10-7-8-11-25(22)30/h6-15,17,35H,5,16,18H2,1-4H3,(H,31,34)(H,32,33)/b9-6+,21-15+. The van der Waals surface area contributed by atoms with Crippen molar-refractivity contribution in [1.29, 1.82) is 0 Å². The van der Waals surface area contributed by atoms with Crippen molar-refractivity contribution in [1.82, 2.24) is 10.3 Å². The number of rotatable bonds is 9. The fraction of sp³-hybridized carbons (Fsp3) is 0.286. The minimum absolute atomic E-state index is 0.266. The number of pyridine rings is 1. The van der Waals surface area contributed by atoms with Crippen molar-refractivity contribution in [2.45, 2.75) is 46.3 Å². The van der Waals surface area contributed by atoms with Gasteiger partial charge in [0, 0.05) is 29.9 Å². The quantitative estimate of drug-likeness (QED) is 0.175. The molecule has 1 heterocycles. The predicted molar refractivity (Wildman–Crippen MR) is 145 cm³/mol. The van der Waals surface area contributed by atoms with Gasteiger partial charge in [0.1, 0.15) is 5.82 Å². The van der Waals surface area contributed by atoms with E-state index in [1.54, 1.807) is 38.2 Å². The van der Waals surface area contributed by atoms with Crippen molar-refractivity contribution in [2.75, 3.05) is 11.9 Å². The molecule has 35 heavy (non-hydrogen) atoms. The lowest BCUT2D eigenvalue weighted by molar-refractivity contribution is 0.0903. The topological polar surface area (TPSA) is 69.5 Å². The number of amidine groups is 1. The zero-order valence-electron chi connectivity index (χ0n) is 20.6. The summed E-state index contributed by atoms with van der Waals surface area (Å²) in [5.41, 5.74) is 3.09. The van der Waals surface area contributed by atoms with Gasteiger partial charge in [-0.25, -0.2) is 4.39 Å². The van der Waals surface area contributed by atoms with Gasteiger partial charge in [-0.1, -0.05) is 54.9 Å². The van der Waals surface area contributed by atoms with Crippen molar-refractivity contribution in [3.8, 4) is 0 Å². The summed E-state index contributed by atoms with van der Waals surface area (Å²) in [7, 11) is 0. The highest BCUT2D eigenvalue weighted by atomic mass is 35.5. The zero-order valence-corrected chi connectivity index (χ0v) is 21.3. The molecule has 7 heteroatoms. The average Bonchev–Trinajstić information content (AvgIpc) is 2.82. The lowest BCUT2D eigenvalue weighted by atomic mass is 10.0. The number of benzene rings is 2. The third-order valence-electron chi connectivity index (χ3n) is 5.24. The number of nitrogens with zero attached hydrogens (tertiary/aromatic N) is 2. The van der Waals surface area contributed by atoms with Crippen LogP contribution in [0.5, 0.6) is 0 Å². The van der Waals surface area contributed by atoms with Crippen molar-refractivity contribution in [2.24, 2.45) is 4.99 Å². The van der Waals surface area contributed by atoms with Crippen LogP contribution in [0.1, 0.15) is 45.2 Å². The maximum Gasteiger partial charge on any atom is 0.128 e. The van der Waals surface area contributed by atoms with Crippen LogP contribution in [0.2, 0.25) is 5.02 Å². The van der Waals surface area contributed by atoms with Gasteiger partial charge in [-0.15, -0.1) is 0 Å². The van der Waals surface area contributed by atoms with Gasteiger partial charge in [0.05, 0.1) is 34.2 Å². The Labute approximate surface area is 211 Å². The molecule has 184 valence electrons. The minimum Gasteiger partial charge on any atom is -0.389 e. The second-order valence-corrected chi connectivity index (χ2v) is 9.33. The number of hydrogen-bond donors (Lipinski definition) is 3. The molecule has 2 aromatic carbocycles. The van der Waals surface area contributed by atoms with Crippen molar-refractivity contribution in [3.63, 3.8) is 0 Å². The first-order chi connectivity index (χ1) is 16.7. The molecule has 5 nitrogen and oxygen atoms in total. The molecule has 1 aromatic heterocycles. The van der Waals surface area contributed by atoms with Crippen molar-refractivity contribution in [3.05, 3.63) is 89.0 Å². The molecule has 3 aromatic rings. The Morgan fingerprint density at radius 1 is 1.23 bits per heavy atom. The fourth-order valence-corrected chi connectivity index (χ4v) is 3.58. The molecule has 0 aliphatic carbocycles. The Kier molecular flexibility index (Phi) is 9.01. The molecule has 0 aliphatic heterocycles. The third kappa shape index (κ3) is 7.64. The molecule has 0 amide bonds. The number of aliphatic hydroxyl groups is 1. The number of nitrogens with one attached hydrogen (secondary N) is 2. The highest BCUT2D eigenvalue weighted by Gasteiger charge is 2.12. The van der Waals surface area contributed by atoms with Gasteiger partial charge in [-0.05, 0) is 56.5 Å². The number of hydrogen-bond acceptors (Lipinski definition) is 4. The van der Waals surface area contributed by atoms with Gasteiger partial charge >= 0.3 is 0 Å². The summed E-state index contributed by atoms with van der Waals surface area (Å²) in [5.74, 6) is 0.435. The number of halogens is 2. The average molecular weight is 495 g/mol. The van der Waals surface area contributed by atoms with Gasteiger partial charge in [0.25, 0.3) is 0 Å². The molecule has 0 spiro atoms. The van der Waals surface area contributed by atoms with E-state index in [0.717, 1.165) is 28.5 Å². The molecular formula is C28H32ClFN4O. The van der Waals surface area contributed by atoms with Crippen LogP contribution >= 0.6 is 11.6 Å². The van der Waals surface area contributed by atoms with E-state index in [4.69, 9.17) is 11.6 Å². The van der Waals surface area contributed by atoms with Crippen LogP contribution in [-0.2, 0) is 6.54 Å². The first-order valence-corrected chi connectivity index (χ1v) is 12.0. The molecule has 0 radical (unpaired) electrons. The van der Waals surface area contributed by atoms with E-state index in [1.165, 1.54) is 6.07 Å². The summed E-state index contributed by atoms with van der Waals surface area (Å²) in [5, 5.41) is 17.7. The molecule has 0 saturated heterocycles. The molecule has 3 rings (SSSR count). The van der Waals surface area contributed by atoms with Gasteiger partial charge < -0.3 is 15.7 Å². The molecule has 0 fully saturated rings. The van der Waals surface area contributed by atoms with E-state index in [0.29, 0.717) is 35.2 Å². The lowest BCUT2D eigenvalue weighted by Crippen LogP contribution is -2.25. The van der Waals surface area contributed by atoms with Crippen LogP contribution < -0.4 is 10.6 Å². The monoisotopic (exact) mass is 494 g/mol. The first kappa shape index (κ1) is 26.4. The molecule has 0 saturated carbocycles. The summed E-state index contributed by atoms with van der Waals surface area (Å²) < 4.78 is 14.1. The Hall–Kier alpha value is -3.22. The molecule has 0 unspecified atom stereocenters. The van der Waals surface area contributed by atoms with Gasteiger partial charge in [-0.2, -0.15) is 0 Å². The van der Waals surface area contributed by atoms with Crippen LogP contribution in [0.4, 0.5) is 10.1 Å². The summed E-state index contributed by atoms with van der Waals surface area (Å²) in [6.07, 6.45) is 8.50. The largest absolute Gasteiger partial charge is 0.389 e. The fourth-order valence-electron chi connectivity index (χ4n) is 3.37. The van der Waals surface area contributed by atoms with Crippen LogP contribution in [0, 0.1) is 5.82 Å². The van der Waals surface area contributed by atoms with Crippen molar-refractivity contribution >= 4 is 39.6 Å². The van der Waals surface area contributed by atoms with E-state index in [2.05, 4.69) is 33.6 Å². The number of allylic oxidation sites excluding steroid dienone is 3. The van der Waals surface area contributed by atoms with Crippen LogP contribution in [0.3, 0.4) is 0 Å². The number of aromatic nitrogens is 1. The maximum atomic E-state index is 14.1. The Morgan fingerprint density at radius 3 is 2.71 bits per heavy atom. The second kappa shape index (κ2) is 12.0. The van der Waals surface area contributed by atoms with E-state index in [-0.39, 0.29) is 5.82 Å². The molecule has 0 aliphatic rings. The first-order valence-electron chi connectivity index (χ1n) is 11.6. The van der Waals surface area contributed by atoms with E-state index >= 15 is 0 Å². The molecule has 0 atom stereocenters. The van der Waals surface area contributed by atoms with Crippen LogP contribution in [-0.4, -0.2) is 28.1 Å². The predicted octanol–water partition coefficient (Wildman–Crippen LogP) is 6.73. The number of anilines is 1. The summed E-state index contributed by atoms with van der Waals surface area (Å²) in [4.78, 5) is 8.85. The zero-order chi connectivity index (χ0) is 25.4. The number of aliphatic imine (C=N–C) groups is 1. The van der Waals surface area contributed by atoms with Gasteiger partial charge in [0.2, 0.25) is 0 Å². The second-order valence-electron chi connectivity index (χ2n) is 8.93. The van der Waals surface area contributed by atoms with E-state index < -0.39 is 5.60 Å². The minimum atomic E-state index is -0.867. The van der Waals surface area contributed by atoms with Crippen LogP contribution in [0.15, 0.2) is 72.0 Å². The Morgan fingerprint density at radius 2 is 2.00 bits per heavy atom. The smallest absolute Gasteiger partial charge is 0.128 e. The van der Waals surface area contributed by atoms with Gasteiger partial charge in [0.15, 0.2) is 0 Å².